The second-order valence-corrected chi connectivity index (χ2v) is 5.69. The monoisotopic (exact) mass is 256 g/mol. The van der Waals surface area contributed by atoms with Crippen LogP contribution in [0.3, 0.4) is 0 Å². The summed E-state index contributed by atoms with van der Waals surface area (Å²) < 4.78 is 0. The molecule has 88 valence electrons. The van der Waals surface area contributed by atoms with Crippen LogP contribution in [0.4, 0.5) is 5.69 Å². The molecule has 1 aliphatic rings. The number of nitrogens with zero attached hydrogens (tertiary/aromatic N) is 1. The first-order valence-electron chi connectivity index (χ1n) is 5.51. The third-order valence-corrected chi connectivity index (χ3v) is 4.48. The molecule has 0 saturated carbocycles. The molecule has 0 aliphatic carbocycles. The molecule has 1 unspecified atom stereocenters. The van der Waals surface area contributed by atoms with E-state index in [9.17, 15) is 0 Å². The van der Waals surface area contributed by atoms with Crippen LogP contribution in [0.25, 0.3) is 0 Å². The van der Waals surface area contributed by atoms with E-state index < -0.39 is 0 Å². The zero-order chi connectivity index (χ0) is 11.5. The van der Waals surface area contributed by atoms with Crippen LogP contribution in [0.1, 0.15) is 12.0 Å². The fourth-order valence-electron chi connectivity index (χ4n) is 2.06. The predicted octanol–water partition coefficient (Wildman–Crippen LogP) is 2.74. The van der Waals surface area contributed by atoms with Crippen molar-refractivity contribution in [3.8, 4) is 0 Å². The second-order valence-electron chi connectivity index (χ2n) is 4.11. The highest BCUT2D eigenvalue weighted by molar-refractivity contribution is 7.99. The van der Waals surface area contributed by atoms with E-state index in [4.69, 9.17) is 17.3 Å². The fraction of sp³-hybridized carbons (Fsp3) is 0.500. The molecule has 1 fully saturated rings. The zero-order valence-electron chi connectivity index (χ0n) is 9.45. The number of hydrogen-bond acceptors (Lipinski definition) is 3. The predicted molar refractivity (Wildman–Crippen MR) is 73.5 cm³/mol. The van der Waals surface area contributed by atoms with Crippen LogP contribution in [0.2, 0.25) is 5.02 Å². The van der Waals surface area contributed by atoms with Gasteiger partial charge in [0, 0.05) is 36.1 Å². The summed E-state index contributed by atoms with van der Waals surface area (Å²) in [4.78, 5) is 2.33. The highest BCUT2D eigenvalue weighted by Crippen LogP contribution is 2.30. The topological polar surface area (TPSA) is 29.3 Å². The summed E-state index contributed by atoms with van der Waals surface area (Å²) >= 11 is 8.07. The molecule has 2 nitrogen and oxygen atoms in total. The Morgan fingerprint density at radius 1 is 1.56 bits per heavy atom. The zero-order valence-corrected chi connectivity index (χ0v) is 11.0. The summed E-state index contributed by atoms with van der Waals surface area (Å²) in [7, 11) is 2.14. The number of halogens is 1. The number of rotatable bonds is 3. The number of anilines is 1. The van der Waals surface area contributed by atoms with Crippen LogP contribution < -0.4 is 10.6 Å². The van der Waals surface area contributed by atoms with Gasteiger partial charge in [-0.3, -0.25) is 0 Å². The minimum absolute atomic E-state index is 0.566. The van der Waals surface area contributed by atoms with Crippen LogP contribution >= 0.6 is 23.4 Å². The molecular formula is C12H17ClN2S. The summed E-state index contributed by atoms with van der Waals surface area (Å²) in [6.45, 7) is 0.566. The van der Waals surface area contributed by atoms with Crippen molar-refractivity contribution in [1.82, 2.24) is 0 Å². The van der Waals surface area contributed by atoms with Crippen LogP contribution in [0.15, 0.2) is 18.2 Å². The molecule has 0 amide bonds. The van der Waals surface area contributed by atoms with Crippen molar-refractivity contribution in [3.63, 3.8) is 0 Å². The Morgan fingerprint density at radius 3 is 3.00 bits per heavy atom. The molecule has 4 heteroatoms. The van der Waals surface area contributed by atoms with Crippen molar-refractivity contribution < 1.29 is 0 Å². The van der Waals surface area contributed by atoms with Crippen LogP contribution in [-0.4, -0.2) is 24.6 Å². The molecule has 1 heterocycles. The Hall–Kier alpha value is -0.380. The van der Waals surface area contributed by atoms with Gasteiger partial charge >= 0.3 is 0 Å². The highest BCUT2D eigenvalue weighted by atomic mass is 35.5. The Kier molecular flexibility index (Phi) is 4.00. The number of nitrogens with two attached hydrogens (primary N) is 1. The average Bonchev–Trinajstić information content (AvgIpc) is 2.81. The van der Waals surface area contributed by atoms with Gasteiger partial charge in [-0.15, -0.1) is 0 Å². The minimum atomic E-state index is 0.566. The lowest BCUT2D eigenvalue weighted by molar-refractivity contribution is 0.696. The first-order chi connectivity index (χ1) is 7.72. The van der Waals surface area contributed by atoms with E-state index in [-0.39, 0.29) is 0 Å². The molecule has 1 aromatic carbocycles. The maximum atomic E-state index is 6.05. The first-order valence-corrected chi connectivity index (χ1v) is 7.04. The van der Waals surface area contributed by atoms with Crippen molar-refractivity contribution in [3.05, 3.63) is 28.8 Å². The molecular weight excluding hydrogens is 240 g/mol. The van der Waals surface area contributed by atoms with E-state index in [2.05, 4.69) is 11.9 Å². The molecule has 2 rings (SSSR count). The van der Waals surface area contributed by atoms with Crippen LogP contribution in [0, 0.1) is 0 Å². The van der Waals surface area contributed by atoms with Gasteiger partial charge in [-0.1, -0.05) is 17.7 Å². The number of thioether (sulfide) groups is 1. The summed E-state index contributed by atoms with van der Waals surface area (Å²) in [5.74, 6) is 2.46. The van der Waals surface area contributed by atoms with Gasteiger partial charge in [-0.25, -0.2) is 0 Å². The lowest BCUT2D eigenvalue weighted by atomic mass is 10.1. The standard InChI is InChI=1S/C12H17ClN2S/c1-15(11-4-5-16-8-11)12-6-10(13)3-2-9(12)7-14/h2-3,6,11H,4-5,7-8,14H2,1H3. The van der Waals surface area contributed by atoms with Gasteiger partial charge in [-0.2, -0.15) is 11.8 Å². The molecule has 2 N–H and O–H groups in total. The summed E-state index contributed by atoms with van der Waals surface area (Å²) in [6.07, 6.45) is 1.25. The molecule has 1 atom stereocenters. The van der Waals surface area contributed by atoms with Gasteiger partial charge in [0.25, 0.3) is 0 Å². The molecule has 1 saturated heterocycles. The fourth-order valence-corrected chi connectivity index (χ4v) is 3.50. The first kappa shape index (κ1) is 12.1. The van der Waals surface area contributed by atoms with E-state index in [0.29, 0.717) is 12.6 Å². The molecule has 1 aliphatic heterocycles. The van der Waals surface area contributed by atoms with E-state index in [1.54, 1.807) is 0 Å². The maximum absolute atomic E-state index is 6.05. The van der Waals surface area contributed by atoms with Crippen molar-refractivity contribution in [2.24, 2.45) is 5.73 Å². The van der Waals surface area contributed by atoms with Crippen molar-refractivity contribution >= 4 is 29.1 Å². The Bertz CT molecular complexity index is 364. The van der Waals surface area contributed by atoms with Crippen molar-refractivity contribution in [2.75, 3.05) is 23.5 Å². The Labute approximate surface area is 106 Å². The van der Waals surface area contributed by atoms with E-state index >= 15 is 0 Å². The summed E-state index contributed by atoms with van der Waals surface area (Å²) in [6, 6.07) is 6.57. The Morgan fingerprint density at radius 2 is 2.38 bits per heavy atom. The quantitative estimate of drug-likeness (QED) is 0.902. The van der Waals surface area contributed by atoms with E-state index in [0.717, 1.165) is 5.02 Å². The largest absolute Gasteiger partial charge is 0.370 e. The minimum Gasteiger partial charge on any atom is -0.370 e. The van der Waals surface area contributed by atoms with Gasteiger partial charge in [-0.05, 0) is 29.9 Å². The molecule has 0 spiro atoms. The molecule has 1 aromatic rings. The van der Waals surface area contributed by atoms with Crippen LogP contribution in [0.5, 0.6) is 0 Å². The van der Waals surface area contributed by atoms with Crippen molar-refractivity contribution in [2.45, 2.75) is 19.0 Å². The van der Waals surface area contributed by atoms with E-state index in [1.165, 1.54) is 29.2 Å². The van der Waals surface area contributed by atoms with Gasteiger partial charge in [0.1, 0.15) is 0 Å². The SMILES string of the molecule is CN(c1cc(Cl)ccc1CN)C1CCSC1. The van der Waals surface area contributed by atoms with Gasteiger partial charge < -0.3 is 10.6 Å². The lowest BCUT2D eigenvalue weighted by Gasteiger charge is -2.28. The molecule has 0 bridgehead atoms. The maximum Gasteiger partial charge on any atom is 0.0426 e. The van der Waals surface area contributed by atoms with Gasteiger partial charge in [0.15, 0.2) is 0 Å². The number of benzene rings is 1. The summed E-state index contributed by atoms with van der Waals surface area (Å²) in [5, 5.41) is 0.782. The third kappa shape index (κ3) is 2.47. The molecule has 16 heavy (non-hydrogen) atoms. The third-order valence-electron chi connectivity index (χ3n) is 3.10. The number of hydrogen-bond donors (Lipinski definition) is 1. The second kappa shape index (κ2) is 5.30. The van der Waals surface area contributed by atoms with Crippen molar-refractivity contribution in [1.29, 1.82) is 0 Å². The Balaban J connectivity index is 2.26. The normalized spacial score (nSPS) is 20.1. The smallest absolute Gasteiger partial charge is 0.0426 e. The van der Waals surface area contributed by atoms with Crippen LogP contribution in [-0.2, 0) is 6.54 Å². The molecule has 0 radical (unpaired) electrons. The lowest BCUT2D eigenvalue weighted by Crippen LogP contribution is -2.32. The van der Waals surface area contributed by atoms with E-state index in [1.807, 2.05) is 30.0 Å². The average molecular weight is 257 g/mol. The van der Waals surface area contributed by atoms with Gasteiger partial charge in [0.2, 0.25) is 0 Å². The molecule has 0 aromatic heterocycles. The summed E-state index contributed by atoms with van der Waals surface area (Å²) in [5.41, 5.74) is 8.12. The highest BCUT2D eigenvalue weighted by Gasteiger charge is 2.21. The van der Waals surface area contributed by atoms with Gasteiger partial charge in [0.05, 0.1) is 0 Å².